The number of anilines is 1. The molecule has 0 saturated heterocycles. The monoisotopic (exact) mass is 485 g/mol. The summed E-state index contributed by atoms with van der Waals surface area (Å²) < 4.78 is 55.8. The highest BCUT2D eigenvalue weighted by Gasteiger charge is 2.62. The van der Waals surface area contributed by atoms with Crippen LogP contribution in [0.25, 0.3) is 0 Å². The van der Waals surface area contributed by atoms with Crippen molar-refractivity contribution in [2.45, 2.75) is 18.2 Å². The maximum absolute atomic E-state index is 14.0. The molecule has 6 nitrogen and oxygen atoms in total. The number of carboxylic acid groups (broad SMARTS) is 1. The first-order chi connectivity index (χ1) is 13.9. The molecule has 1 aliphatic heterocycles. The fourth-order valence-corrected chi connectivity index (χ4v) is 3.52. The second-order valence-electron chi connectivity index (χ2n) is 6.20. The zero-order valence-corrected chi connectivity index (χ0v) is 16.7. The number of nitrogens with zero attached hydrogens (tertiary/aromatic N) is 2. The minimum Gasteiger partial charge on any atom is -0.464 e. The molecule has 1 atom stereocenters. The Morgan fingerprint density at radius 2 is 1.77 bits per heavy atom. The molecule has 0 fully saturated rings. The number of halogens is 7. The number of alkyl halides is 3. The van der Waals surface area contributed by atoms with Crippen LogP contribution in [0.3, 0.4) is 0 Å². The first-order valence-electron chi connectivity index (χ1n) is 7.92. The molecule has 1 aliphatic rings. The van der Waals surface area contributed by atoms with E-state index in [0.717, 1.165) is 18.2 Å². The highest BCUT2D eigenvalue weighted by Crippen LogP contribution is 2.50. The van der Waals surface area contributed by atoms with Gasteiger partial charge >= 0.3 is 12.3 Å². The van der Waals surface area contributed by atoms with Crippen molar-refractivity contribution < 1.29 is 32.3 Å². The van der Waals surface area contributed by atoms with Crippen LogP contribution in [-0.2, 0) is 10.4 Å². The molecule has 0 aromatic heterocycles. The van der Waals surface area contributed by atoms with Gasteiger partial charge in [0.05, 0.1) is 26.5 Å². The molecule has 3 N–H and O–H groups in total. The number of benzene rings is 2. The molecule has 13 heteroatoms. The summed E-state index contributed by atoms with van der Waals surface area (Å²) in [6.45, 7) is 0. The largest absolute Gasteiger partial charge is 0.464 e. The van der Waals surface area contributed by atoms with E-state index < -0.39 is 45.7 Å². The van der Waals surface area contributed by atoms with Crippen LogP contribution >= 0.6 is 34.8 Å². The molecule has 1 amide bonds. The molecule has 0 spiro atoms. The Morgan fingerprint density at radius 1 is 1.17 bits per heavy atom. The lowest BCUT2D eigenvalue weighted by Gasteiger charge is -2.29. The smallest absolute Gasteiger partial charge is 0.435 e. The van der Waals surface area contributed by atoms with E-state index in [2.05, 4.69) is 5.16 Å². The lowest BCUT2D eigenvalue weighted by atomic mass is 9.86. The number of oxime groups is 1. The van der Waals surface area contributed by atoms with Crippen LogP contribution in [0.2, 0.25) is 15.1 Å². The van der Waals surface area contributed by atoms with Gasteiger partial charge in [-0.2, -0.15) is 13.2 Å². The Kier molecular flexibility index (Phi) is 5.80. The number of hydrogen-bond donors (Lipinski definition) is 2. The number of amides is 1. The van der Waals surface area contributed by atoms with Crippen LogP contribution in [0.4, 0.5) is 28.0 Å². The summed E-state index contributed by atoms with van der Waals surface area (Å²) in [6.07, 6.45) is -7.36. The average molecular weight is 487 g/mol. The van der Waals surface area contributed by atoms with Gasteiger partial charge in [0.15, 0.2) is 5.82 Å². The van der Waals surface area contributed by atoms with Crippen LogP contribution in [-0.4, -0.2) is 23.1 Å². The minimum absolute atomic E-state index is 0.0534. The van der Waals surface area contributed by atoms with Crippen molar-refractivity contribution in [1.29, 1.82) is 0 Å². The lowest BCUT2D eigenvalue weighted by molar-refractivity contribution is -0.275. The van der Waals surface area contributed by atoms with Crippen LogP contribution in [0.1, 0.15) is 17.5 Å². The van der Waals surface area contributed by atoms with E-state index in [9.17, 15) is 22.4 Å². The van der Waals surface area contributed by atoms with Gasteiger partial charge in [-0.25, -0.2) is 20.0 Å². The van der Waals surface area contributed by atoms with E-state index in [-0.39, 0.29) is 22.0 Å². The second-order valence-corrected chi connectivity index (χ2v) is 7.43. The molecule has 2 aromatic carbocycles. The van der Waals surface area contributed by atoms with Crippen molar-refractivity contribution in [2.24, 2.45) is 11.0 Å². The third-order valence-electron chi connectivity index (χ3n) is 4.38. The number of hydrogen-bond acceptors (Lipinski definition) is 4. The standard InChI is InChI=1S/C17H10Cl3F4N3O3/c18-9-2-1-7(3-13(9)27(25)15(28)29)12-6-16(30-26-12,17(22,23)24)8-4-10(19)14(21)11(20)5-8/h1-5H,6,25H2,(H,28,29). The quantitative estimate of drug-likeness (QED) is 0.191. The van der Waals surface area contributed by atoms with Crippen LogP contribution in [0, 0.1) is 5.82 Å². The summed E-state index contributed by atoms with van der Waals surface area (Å²) in [6, 6.07) is 5.23. The summed E-state index contributed by atoms with van der Waals surface area (Å²) in [4.78, 5) is 15.9. The molecule has 3 rings (SSSR count). The number of hydrazine groups is 1. The fourth-order valence-electron chi connectivity index (χ4n) is 2.83. The molecule has 0 bridgehead atoms. The van der Waals surface area contributed by atoms with Gasteiger partial charge in [0.25, 0.3) is 5.60 Å². The summed E-state index contributed by atoms with van der Waals surface area (Å²) in [5.41, 5.74) is -3.82. The lowest BCUT2D eigenvalue weighted by Crippen LogP contribution is -2.42. The Bertz CT molecular complexity index is 1040. The molecule has 30 heavy (non-hydrogen) atoms. The summed E-state index contributed by atoms with van der Waals surface area (Å²) >= 11 is 17.2. The van der Waals surface area contributed by atoms with Crippen LogP contribution < -0.4 is 10.9 Å². The normalized spacial score (nSPS) is 18.7. The van der Waals surface area contributed by atoms with Crippen molar-refractivity contribution in [3.05, 3.63) is 62.3 Å². The summed E-state index contributed by atoms with van der Waals surface area (Å²) in [7, 11) is 0. The number of rotatable bonds is 3. The van der Waals surface area contributed by atoms with Crippen LogP contribution in [0.15, 0.2) is 35.5 Å². The van der Waals surface area contributed by atoms with Crippen molar-refractivity contribution >= 4 is 52.3 Å². The number of carbonyl (C=O) groups is 1. The molecular weight excluding hydrogens is 477 g/mol. The fraction of sp³-hybridized carbons (Fsp3) is 0.176. The molecular formula is C17H10Cl3F4N3O3. The topological polar surface area (TPSA) is 88.2 Å². The first kappa shape index (κ1) is 22.4. The minimum atomic E-state index is -4.99. The van der Waals surface area contributed by atoms with Crippen molar-refractivity contribution in [1.82, 2.24) is 0 Å². The van der Waals surface area contributed by atoms with E-state index in [0.29, 0.717) is 5.01 Å². The van der Waals surface area contributed by atoms with Gasteiger partial charge in [-0.1, -0.05) is 46.0 Å². The number of nitrogens with two attached hydrogens (primary N) is 1. The van der Waals surface area contributed by atoms with Crippen LogP contribution in [0.5, 0.6) is 0 Å². The predicted molar refractivity (Wildman–Crippen MR) is 103 cm³/mol. The van der Waals surface area contributed by atoms with E-state index in [1.54, 1.807) is 0 Å². The zero-order chi connectivity index (χ0) is 22.4. The molecule has 0 aliphatic carbocycles. The average Bonchev–Trinajstić information content (AvgIpc) is 3.12. The zero-order valence-electron chi connectivity index (χ0n) is 14.5. The highest BCUT2D eigenvalue weighted by atomic mass is 35.5. The van der Waals surface area contributed by atoms with Gasteiger partial charge in [0.2, 0.25) is 0 Å². The van der Waals surface area contributed by atoms with Crippen molar-refractivity contribution in [3.63, 3.8) is 0 Å². The molecule has 1 heterocycles. The molecule has 160 valence electrons. The molecule has 0 radical (unpaired) electrons. The second kappa shape index (κ2) is 7.77. The van der Waals surface area contributed by atoms with Gasteiger partial charge < -0.3 is 9.94 Å². The van der Waals surface area contributed by atoms with Gasteiger partial charge in [-0.15, -0.1) is 0 Å². The van der Waals surface area contributed by atoms with E-state index in [1.807, 2.05) is 0 Å². The third-order valence-corrected chi connectivity index (χ3v) is 5.25. The Labute approximate surface area is 181 Å². The maximum atomic E-state index is 14.0. The molecule has 0 saturated carbocycles. The summed E-state index contributed by atoms with van der Waals surface area (Å²) in [5, 5.41) is 11.6. The maximum Gasteiger partial charge on any atom is 0.435 e. The van der Waals surface area contributed by atoms with E-state index in [1.165, 1.54) is 12.1 Å². The predicted octanol–water partition coefficient (Wildman–Crippen LogP) is 5.73. The van der Waals surface area contributed by atoms with E-state index >= 15 is 0 Å². The Hall–Kier alpha value is -2.27. The third kappa shape index (κ3) is 3.76. The van der Waals surface area contributed by atoms with E-state index in [4.69, 9.17) is 50.6 Å². The van der Waals surface area contributed by atoms with Gasteiger partial charge in [0, 0.05) is 17.5 Å². The van der Waals surface area contributed by atoms with Gasteiger partial charge in [-0.3, -0.25) is 0 Å². The highest BCUT2D eigenvalue weighted by molar-refractivity contribution is 6.35. The van der Waals surface area contributed by atoms with Crippen molar-refractivity contribution in [2.75, 3.05) is 5.01 Å². The first-order valence-corrected chi connectivity index (χ1v) is 9.05. The summed E-state index contributed by atoms with van der Waals surface area (Å²) in [5.74, 6) is 4.33. The molecule has 2 aromatic rings. The van der Waals surface area contributed by atoms with Crippen molar-refractivity contribution in [3.8, 4) is 0 Å². The Morgan fingerprint density at radius 3 is 2.30 bits per heavy atom. The van der Waals surface area contributed by atoms with Gasteiger partial charge in [0.1, 0.15) is 0 Å². The Balaban J connectivity index is 2.05. The SMILES string of the molecule is NN(C(=O)O)c1cc(C2=NOC(c3cc(Cl)c(F)c(Cl)c3)(C(F)(F)F)C2)ccc1Cl. The van der Waals surface area contributed by atoms with Gasteiger partial charge in [-0.05, 0) is 24.3 Å². The molecule has 1 unspecified atom stereocenters.